The van der Waals surface area contributed by atoms with E-state index in [0.29, 0.717) is 13.0 Å². The van der Waals surface area contributed by atoms with Crippen molar-refractivity contribution in [3.8, 4) is 0 Å². The lowest BCUT2D eigenvalue weighted by Crippen LogP contribution is -2.52. The molecule has 0 saturated carbocycles. The number of carbonyl (C=O) groups is 2. The van der Waals surface area contributed by atoms with Gasteiger partial charge in [-0.25, -0.2) is 5.48 Å². The number of piperidine rings is 1. The zero-order valence-corrected chi connectivity index (χ0v) is 13.3. The molecule has 3 aliphatic heterocycles. The van der Waals surface area contributed by atoms with Crippen LogP contribution in [-0.2, 0) is 29.1 Å². The number of ketones is 1. The molecule has 3 fully saturated rings. The van der Waals surface area contributed by atoms with E-state index in [1.54, 1.807) is 4.90 Å². The van der Waals surface area contributed by atoms with Crippen LogP contribution in [0.4, 0.5) is 0 Å². The number of hydroxylamine groups is 3. The largest absolute Gasteiger partial charge is 0.413 e. The number of rotatable bonds is 5. The van der Waals surface area contributed by atoms with Crippen molar-refractivity contribution in [2.24, 2.45) is 0 Å². The number of Topliss-reactive ketones (excluding diaryl/α,β-unsaturated/α-hetero) is 1. The van der Waals surface area contributed by atoms with Crippen molar-refractivity contribution < 1.29 is 36.8 Å². The van der Waals surface area contributed by atoms with Gasteiger partial charge >= 0.3 is 10.4 Å². The van der Waals surface area contributed by atoms with Crippen LogP contribution in [0.25, 0.3) is 0 Å². The summed E-state index contributed by atoms with van der Waals surface area (Å²) >= 11 is 0. The van der Waals surface area contributed by atoms with Crippen LogP contribution < -0.4 is 10.8 Å². The Hall–Kier alpha value is -1.19. The molecule has 3 aliphatic rings. The zero-order valence-electron chi connectivity index (χ0n) is 12.5. The molecule has 4 N–H and O–H groups in total. The first-order valence-electron chi connectivity index (χ1n) is 7.30. The molecule has 24 heavy (non-hydrogen) atoms. The van der Waals surface area contributed by atoms with Gasteiger partial charge in [-0.3, -0.25) is 29.2 Å². The van der Waals surface area contributed by atoms with E-state index in [0.717, 1.165) is 5.06 Å². The van der Waals surface area contributed by atoms with E-state index in [2.05, 4.69) is 15.1 Å². The summed E-state index contributed by atoms with van der Waals surface area (Å²) in [7, 11) is -4.74. The smallest absolute Gasteiger partial charge is 0.379 e. The van der Waals surface area contributed by atoms with Crippen LogP contribution in [0.5, 0.6) is 0 Å². The highest BCUT2D eigenvalue weighted by atomic mass is 32.3. The van der Waals surface area contributed by atoms with Crippen LogP contribution in [0.15, 0.2) is 0 Å². The molecule has 3 heterocycles. The molecule has 0 aromatic heterocycles. The first kappa shape index (κ1) is 17.6. The van der Waals surface area contributed by atoms with Gasteiger partial charge in [0.15, 0.2) is 5.78 Å². The van der Waals surface area contributed by atoms with Gasteiger partial charge in [-0.1, -0.05) is 0 Å². The summed E-state index contributed by atoms with van der Waals surface area (Å²) in [5, 5.41) is 12.9. The molecule has 5 atom stereocenters. The molecule has 12 nitrogen and oxygen atoms in total. The monoisotopic (exact) mass is 366 g/mol. The molecule has 0 aromatic carbocycles. The number of amides is 1. The predicted octanol–water partition coefficient (Wildman–Crippen LogP) is -3.27. The number of carbonyl (C=O) groups excluding carboxylic acids is 2. The predicted molar refractivity (Wildman–Crippen MR) is 74.9 cm³/mol. The third-order valence-corrected chi connectivity index (χ3v) is 4.55. The van der Waals surface area contributed by atoms with Crippen LogP contribution in [-0.4, -0.2) is 83.9 Å². The topological polar surface area (TPSA) is 158 Å². The van der Waals surface area contributed by atoms with Gasteiger partial charge in [0.25, 0.3) is 5.91 Å². The third-order valence-electron chi connectivity index (χ3n) is 4.17. The standard InChI is InChI=1S/C11H18N4O8S/c16-9-2-7(11(18)13-22-6-1-10(17)12-3-6)14-4-8(9)15(5-14)23-24(19,20)21/h6-8,10,12,17H,1-5H2,(H,13,18)(H,19,20,21). The van der Waals surface area contributed by atoms with Crippen LogP contribution in [0.2, 0.25) is 0 Å². The molecule has 13 heteroatoms. The first-order valence-corrected chi connectivity index (χ1v) is 8.67. The molecular weight excluding hydrogens is 348 g/mol. The molecule has 2 bridgehead atoms. The highest BCUT2D eigenvalue weighted by molar-refractivity contribution is 7.80. The normalized spacial score (nSPS) is 36.9. The quantitative estimate of drug-likeness (QED) is 0.286. The summed E-state index contributed by atoms with van der Waals surface area (Å²) in [5.74, 6) is -0.914. The summed E-state index contributed by atoms with van der Waals surface area (Å²) in [6.07, 6.45) is -0.870. The highest BCUT2D eigenvalue weighted by Gasteiger charge is 2.48. The Kier molecular flexibility index (Phi) is 4.85. The molecule has 136 valence electrons. The molecule has 0 aliphatic carbocycles. The van der Waals surface area contributed by atoms with Gasteiger partial charge in [0.2, 0.25) is 0 Å². The second-order valence-corrected chi connectivity index (χ2v) is 6.90. The summed E-state index contributed by atoms with van der Waals surface area (Å²) in [4.78, 5) is 31.0. The van der Waals surface area contributed by atoms with E-state index in [4.69, 9.17) is 9.39 Å². The molecule has 3 saturated heterocycles. The van der Waals surface area contributed by atoms with E-state index >= 15 is 0 Å². The lowest BCUT2D eigenvalue weighted by atomic mass is 9.99. The molecule has 0 spiro atoms. The summed E-state index contributed by atoms with van der Waals surface area (Å²) < 4.78 is 34.7. The van der Waals surface area contributed by atoms with E-state index < -0.39 is 34.6 Å². The number of aliphatic hydroxyl groups is 1. The lowest BCUT2D eigenvalue weighted by Gasteiger charge is -2.28. The molecule has 5 unspecified atom stereocenters. The molecule has 0 aromatic rings. The van der Waals surface area contributed by atoms with Gasteiger partial charge in [-0.05, 0) is 0 Å². The number of hydrogen-bond acceptors (Lipinski definition) is 10. The average molecular weight is 366 g/mol. The van der Waals surface area contributed by atoms with Crippen LogP contribution in [0.3, 0.4) is 0 Å². The van der Waals surface area contributed by atoms with E-state index in [-0.39, 0.29) is 31.5 Å². The number of nitrogens with zero attached hydrogens (tertiary/aromatic N) is 2. The molecule has 1 amide bonds. The summed E-state index contributed by atoms with van der Waals surface area (Å²) in [5.41, 5.74) is 2.27. The van der Waals surface area contributed by atoms with E-state index in [1.807, 2.05) is 0 Å². The number of hydrogen-bond donors (Lipinski definition) is 4. The van der Waals surface area contributed by atoms with Gasteiger partial charge < -0.3 is 5.11 Å². The van der Waals surface area contributed by atoms with Crippen LogP contribution in [0.1, 0.15) is 12.8 Å². The van der Waals surface area contributed by atoms with Gasteiger partial charge in [0.05, 0.1) is 12.7 Å². The Bertz CT molecular complexity index is 628. The van der Waals surface area contributed by atoms with Crippen LogP contribution >= 0.6 is 0 Å². The maximum absolute atomic E-state index is 12.2. The average Bonchev–Trinajstić information content (AvgIpc) is 3.04. The Labute approximate surface area is 137 Å². The van der Waals surface area contributed by atoms with Gasteiger partial charge in [-0.15, -0.1) is 5.06 Å². The van der Waals surface area contributed by atoms with Crippen molar-refractivity contribution in [2.75, 3.05) is 19.8 Å². The zero-order chi connectivity index (χ0) is 17.5. The number of aliphatic hydroxyl groups excluding tert-OH is 1. The fourth-order valence-corrected chi connectivity index (χ4v) is 3.42. The Morgan fingerprint density at radius 1 is 1.42 bits per heavy atom. The van der Waals surface area contributed by atoms with Crippen molar-refractivity contribution in [1.29, 1.82) is 0 Å². The Morgan fingerprint density at radius 2 is 2.17 bits per heavy atom. The minimum absolute atomic E-state index is 0.107. The minimum Gasteiger partial charge on any atom is -0.379 e. The molecule has 3 rings (SSSR count). The van der Waals surface area contributed by atoms with E-state index in [9.17, 15) is 23.1 Å². The number of nitrogens with one attached hydrogen (secondary N) is 2. The molecule has 0 radical (unpaired) electrons. The molecular formula is C11H18N4O8S. The summed E-state index contributed by atoms with van der Waals surface area (Å²) in [6.45, 7) is 0.362. The second kappa shape index (κ2) is 6.61. The maximum Gasteiger partial charge on any atom is 0.413 e. The second-order valence-electron chi connectivity index (χ2n) is 5.90. The van der Waals surface area contributed by atoms with Crippen molar-refractivity contribution >= 4 is 22.1 Å². The number of fused-ring (bicyclic) bond motifs is 2. The SMILES string of the molecule is O=C(NOC1CNC(O)C1)C1CC(=O)C2CN1CN2OS(=O)(=O)O. The van der Waals surface area contributed by atoms with Crippen LogP contribution in [0, 0.1) is 0 Å². The van der Waals surface area contributed by atoms with Gasteiger partial charge in [-0.2, -0.15) is 12.7 Å². The Morgan fingerprint density at radius 3 is 2.79 bits per heavy atom. The minimum atomic E-state index is -4.74. The van der Waals surface area contributed by atoms with Crippen molar-refractivity contribution in [3.05, 3.63) is 0 Å². The maximum atomic E-state index is 12.2. The lowest BCUT2D eigenvalue weighted by molar-refractivity contribution is -0.146. The highest BCUT2D eigenvalue weighted by Crippen LogP contribution is 2.26. The fourth-order valence-electron chi connectivity index (χ4n) is 3.03. The van der Waals surface area contributed by atoms with Crippen molar-refractivity contribution in [2.45, 2.75) is 37.3 Å². The Balaban J connectivity index is 1.57. The van der Waals surface area contributed by atoms with Gasteiger partial charge in [0.1, 0.15) is 18.4 Å². The van der Waals surface area contributed by atoms with Gasteiger partial charge in [0, 0.05) is 25.9 Å². The fraction of sp³-hybridized carbons (Fsp3) is 0.818. The third kappa shape index (κ3) is 3.89. The summed E-state index contributed by atoms with van der Waals surface area (Å²) in [6, 6.07) is -1.69. The first-order chi connectivity index (χ1) is 11.2. The van der Waals surface area contributed by atoms with Crippen molar-refractivity contribution in [3.63, 3.8) is 0 Å². The van der Waals surface area contributed by atoms with Crippen molar-refractivity contribution in [1.82, 2.24) is 20.8 Å². The van der Waals surface area contributed by atoms with E-state index in [1.165, 1.54) is 0 Å².